The van der Waals surface area contributed by atoms with E-state index < -0.39 is 10.0 Å². The number of likely N-dealkylation sites (N-methyl/N-ethyl adjacent to an activating group) is 1. The third kappa shape index (κ3) is 4.89. The maximum absolute atomic E-state index is 13.3. The molecule has 1 amide bonds. The zero-order chi connectivity index (χ0) is 23.6. The molecule has 1 aliphatic heterocycles. The average molecular weight is 470 g/mol. The molecule has 1 fully saturated rings. The molecule has 0 saturated carbocycles. The summed E-state index contributed by atoms with van der Waals surface area (Å²) in [5.41, 5.74) is 2.89. The van der Waals surface area contributed by atoms with Crippen LogP contribution in [0.5, 0.6) is 0 Å². The number of amides is 1. The van der Waals surface area contributed by atoms with Gasteiger partial charge in [0.25, 0.3) is 5.91 Å². The monoisotopic (exact) mass is 469 g/mol. The lowest BCUT2D eigenvalue weighted by atomic mass is 10.1. The Morgan fingerprint density at radius 1 is 1.18 bits per heavy atom. The number of likely N-dealkylation sites (tertiary alicyclic amines) is 1. The lowest BCUT2D eigenvalue weighted by Crippen LogP contribution is -2.40. The van der Waals surface area contributed by atoms with Crippen LogP contribution in [0.4, 0.5) is 5.69 Å². The van der Waals surface area contributed by atoms with Crippen LogP contribution in [0.15, 0.2) is 42.5 Å². The molecule has 0 aliphatic carbocycles. The van der Waals surface area contributed by atoms with E-state index in [4.69, 9.17) is 4.98 Å². The van der Waals surface area contributed by atoms with Gasteiger partial charge in [-0.05, 0) is 45.0 Å². The summed E-state index contributed by atoms with van der Waals surface area (Å²) in [6.07, 6.45) is 2.19. The molecule has 2 heterocycles. The summed E-state index contributed by atoms with van der Waals surface area (Å²) in [5.74, 6) is 0.421. The zero-order valence-electron chi connectivity index (χ0n) is 19.3. The van der Waals surface area contributed by atoms with Gasteiger partial charge in [-0.1, -0.05) is 37.3 Å². The molecule has 9 heteroatoms. The number of fused-ring (bicyclic) bond motifs is 1. The van der Waals surface area contributed by atoms with Gasteiger partial charge in [0.1, 0.15) is 5.82 Å². The van der Waals surface area contributed by atoms with Crippen molar-refractivity contribution in [2.24, 2.45) is 7.05 Å². The number of anilines is 1. The molecular weight excluding hydrogens is 438 g/mol. The number of aromatic nitrogens is 2. The highest BCUT2D eigenvalue weighted by molar-refractivity contribution is 7.92. The van der Waals surface area contributed by atoms with E-state index in [1.165, 1.54) is 0 Å². The highest BCUT2D eigenvalue weighted by Gasteiger charge is 2.25. The molecule has 0 bridgehead atoms. The summed E-state index contributed by atoms with van der Waals surface area (Å²) in [6, 6.07) is 13.3. The molecule has 8 nitrogen and oxygen atoms in total. The first-order valence-electron chi connectivity index (χ1n) is 11.4. The van der Waals surface area contributed by atoms with Gasteiger partial charge in [0, 0.05) is 25.2 Å². The van der Waals surface area contributed by atoms with Crippen molar-refractivity contribution in [2.45, 2.75) is 32.7 Å². The predicted octanol–water partition coefficient (Wildman–Crippen LogP) is 3.22. The van der Waals surface area contributed by atoms with Crippen LogP contribution in [0.1, 0.15) is 37.0 Å². The fourth-order valence-corrected chi connectivity index (χ4v) is 5.15. The Morgan fingerprint density at radius 3 is 2.64 bits per heavy atom. The summed E-state index contributed by atoms with van der Waals surface area (Å²) in [7, 11) is -1.62. The molecular formula is C24H31N5O3S. The van der Waals surface area contributed by atoms with Crippen LogP contribution >= 0.6 is 0 Å². The highest BCUT2D eigenvalue weighted by Crippen LogP contribution is 2.29. The van der Waals surface area contributed by atoms with E-state index in [1.54, 1.807) is 19.1 Å². The Hall–Kier alpha value is -2.91. The van der Waals surface area contributed by atoms with Gasteiger partial charge in [-0.2, -0.15) is 0 Å². The first kappa shape index (κ1) is 23.3. The van der Waals surface area contributed by atoms with E-state index in [2.05, 4.69) is 21.9 Å². The molecule has 2 N–H and O–H groups in total. The van der Waals surface area contributed by atoms with Crippen molar-refractivity contribution >= 4 is 32.7 Å². The molecule has 1 aliphatic rings. The Labute approximate surface area is 195 Å². The number of nitrogens with one attached hydrogen (secondary N) is 2. The van der Waals surface area contributed by atoms with Gasteiger partial charge in [-0.3, -0.25) is 14.4 Å². The highest BCUT2D eigenvalue weighted by atomic mass is 32.2. The number of carbonyl (C=O) groups excluding carboxylic acids is 1. The maximum Gasteiger partial charge on any atom is 0.253 e. The quantitative estimate of drug-likeness (QED) is 0.528. The molecule has 33 heavy (non-hydrogen) atoms. The Balaban J connectivity index is 1.74. The van der Waals surface area contributed by atoms with Gasteiger partial charge in [-0.25, -0.2) is 13.4 Å². The molecule has 0 radical (unpaired) electrons. The van der Waals surface area contributed by atoms with E-state index in [9.17, 15) is 13.2 Å². The van der Waals surface area contributed by atoms with Gasteiger partial charge in [0.05, 0.1) is 28.0 Å². The standard InChI is InChI=1S/C24H31N5O3S/c1-4-29-13-9-12-19(29)16-25-24(30)20-14-18(27-33(31,32)5-2)15-21-22(20)28(3)23(26-21)17-10-7-6-8-11-17/h6-8,10-11,14-15,19,27H,4-5,9,12-13,16H2,1-3H3,(H,25,30)/t19-/m0/s1. The van der Waals surface area contributed by atoms with E-state index in [1.807, 2.05) is 41.9 Å². The fourth-order valence-electron chi connectivity index (χ4n) is 4.53. The van der Waals surface area contributed by atoms with Crippen molar-refractivity contribution in [3.63, 3.8) is 0 Å². The number of nitrogens with zero attached hydrogens (tertiary/aromatic N) is 3. The van der Waals surface area contributed by atoms with Crippen LogP contribution in [0.25, 0.3) is 22.4 Å². The number of benzene rings is 2. The maximum atomic E-state index is 13.3. The molecule has 3 aromatic rings. The molecule has 1 atom stereocenters. The van der Waals surface area contributed by atoms with Crippen molar-refractivity contribution in [3.05, 3.63) is 48.0 Å². The Kier molecular flexibility index (Phi) is 6.71. The van der Waals surface area contributed by atoms with Crippen molar-refractivity contribution in [2.75, 3.05) is 30.1 Å². The topological polar surface area (TPSA) is 96.3 Å². The minimum atomic E-state index is -3.50. The van der Waals surface area contributed by atoms with Crippen molar-refractivity contribution in [3.8, 4) is 11.4 Å². The summed E-state index contributed by atoms with van der Waals surface area (Å²) in [4.78, 5) is 20.5. The first-order valence-corrected chi connectivity index (χ1v) is 13.1. The van der Waals surface area contributed by atoms with Crippen LogP contribution < -0.4 is 10.0 Å². The first-order chi connectivity index (χ1) is 15.8. The molecule has 1 aromatic heterocycles. The normalized spacial score (nSPS) is 16.9. The second kappa shape index (κ2) is 9.52. The van der Waals surface area contributed by atoms with Crippen LogP contribution in [0, 0.1) is 0 Å². The molecule has 2 aromatic carbocycles. The van der Waals surface area contributed by atoms with Crippen LogP contribution in [0.2, 0.25) is 0 Å². The minimum Gasteiger partial charge on any atom is -0.350 e. The minimum absolute atomic E-state index is 0.0570. The third-order valence-corrected chi connectivity index (χ3v) is 7.61. The predicted molar refractivity (Wildman–Crippen MR) is 132 cm³/mol. The van der Waals surface area contributed by atoms with Crippen molar-refractivity contribution in [1.29, 1.82) is 0 Å². The van der Waals surface area contributed by atoms with E-state index in [0.717, 1.165) is 31.5 Å². The molecule has 4 rings (SSSR count). The lowest BCUT2D eigenvalue weighted by molar-refractivity contribution is 0.0942. The fraction of sp³-hybridized carbons (Fsp3) is 0.417. The van der Waals surface area contributed by atoms with Crippen LogP contribution in [-0.4, -0.2) is 60.2 Å². The van der Waals surface area contributed by atoms with Gasteiger partial charge in [-0.15, -0.1) is 0 Å². The number of sulfonamides is 1. The van der Waals surface area contributed by atoms with Gasteiger partial charge >= 0.3 is 0 Å². The van der Waals surface area contributed by atoms with E-state index in [-0.39, 0.29) is 11.7 Å². The third-order valence-electron chi connectivity index (χ3n) is 6.30. The number of carbonyl (C=O) groups is 1. The molecule has 176 valence electrons. The summed E-state index contributed by atoms with van der Waals surface area (Å²) in [5, 5.41) is 3.08. The van der Waals surface area contributed by atoms with Crippen LogP contribution in [-0.2, 0) is 17.1 Å². The Bertz CT molecular complexity index is 1250. The SMILES string of the molecule is CCN1CCC[C@H]1CNC(=O)c1cc(NS(=O)(=O)CC)cc2nc(-c3ccccc3)n(C)c12. The number of aryl methyl sites for hydroxylation is 1. The second-order valence-electron chi connectivity index (χ2n) is 8.39. The van der Waals surface area contributed by atoms with E-state index >= 15 is 0 Å². The number of hydrogen-bond acceptors (Lipinski definition) is 5. The Morgan fingerprint density at radius 2 is 1.94 bits per heavy atom. The zero-order valence-corrected chi connectivity index (χ0v) is 20.2. The number of rotatable bonds is 8. The smallest absolute Gasteiger partial charge is 0.253 e. The molecule has 0 unspecified atom stereocenters. The van der Waals surface area contributed by atoms with Crippen molar-refractivity contribution in [1.82, 2.24) is 19.8 Å². The molecule has 0 spiro atoms. The van der Waals surface area contributed by atoms with Gasteiger partial charge < -0.3 is 9.88 Å². The number of imidazole rings is 1. The lowest BCUT2D eigenvalue weighted by Gasteiger charge is -2.23. The van der Waals surface area contributed by atoms with E-state index in [0.29, 0.717) is 40.7 Å². The summed E-state index contributed by atoms with van der Waals surface area (Å²) >= 11 is 0. The summed E-state index contributed by atoms with van der Waals surface area (Å²) in [6.45, 7) is 6.28. The largest absolute Gasteiger partial charge is 0.350 e. The number of hydrogen-bond donors (Lipinski definition) is 2. The van der Waals surface area contributed by atoms with Crippen molar-refractivity contribution < 1.29 is 13.2 Å². The van der Waals surface area contributed by atoms with Gasteiger partial charge in [0.2, 0.25) is 10.0 Å². The summed E-state index contributed by atoms with van der Waals surface area (Å²) < 4.78 is 28.9. The van der Waals surface area contributed by atoms with Gasteiger partial charge in [0.15, 0.2) is 0 Å². The molecule has 1 saturated heterocycles. The average Bonchev–Trinajstić information content (AvgIpc) is 3.41. The van der Waals surface area contributed by atoms with Crippen LogP contribution in [0.3, 0.4) is 0 Å². The second-order valence-corrected chi connectivity index (χ2v) is 10.4.